The number of nitrogens with zero attached hydrogens (tertiary/aromatic N) is 2. The molecule has 1 fully saturated rings. The van der Waals surface area contributed by atoms with Crippen molar-refractivity contribution in [2.75, 3.05) is 26.2 Å². The summed E-state index contributed by atoms with van der Waals surface area (Å²) in [5.74, 6) is 0.259. The molecule has 0 atom stereocenters. The van der Waals surface area contributed by atoms with Crippen LogP contribution in [0, 0.1) is 11.7 Å². The van der Waals surface area contributed by atoms with Crippen LogP contribution in [-0.2, 0) is 16.0 Å². The highest BCUT2D eigenvalue weighted by Gasteiger charge is 2.24. The molecule has 0 spiro atoms. The lowest BCUT2D eigenvalue weighted by Crippen LogP contribution is -2.51. The van der Waals surface area contributed by atoms with E-state index in [4.69, 9.17) is 0 Å². The van der Waals surface area contributed by atoms with Crippen molar-refractivity contribution >= 4 is 11.8 Å². The Labute approximate surface area is 137 Å². The van der Waals surface area contributed by atoms with Crippen LogP contribution in [0.3, 0.4) is 0 Å². The molecular formula is C18H25FN2O2. The normalized spacial score (nSPS) is 15.1. The molecule has 0 N–H and O–H groups in total. The first kappa shape index (κ1) is 17.4. The Balaban J connectivity index is 1.81. The molecule has 0 aliphatic carbocycles. The molecule has 1 aromatic rings. The maximum atomic E-state index is 13.6. The van der Waals surface area contributed by atoms with Crippen LogP contribution >= 0.6 is 0 Å². The summed E-state index contributed by atoms with van der Waals surface area (Å²) in [5.41, 5.74) is 0.424. The predicted octanol–water partition coefficient (Wildman–Crippen LogP) is 2.48. The molecule has 126 valence electrons. The van der Waals surface area contributed by atoms with Gasteiger partial charge in [-0.3, -0.25) is 9.59 Å². The van der Waals surface area contributed by atoms with Gasteiger partial charge in [0.25, 0.3) is 0 Å². The van der Waals surface area contributed by atoms with Crippen molar-refractivity contribution in [1.29, 1.82) is 0 Å². The standard InChI is InChI=1S/C18H25FN2O2/c1-14(2)7-8-17(22)20-9-11-21(12-10-20)18(23)13-15-5-3-4-6-16(15)19/h3-6,14H,7-13H2,1-2H3. The van der Waals surface area contributed by atoms with E-state index in [2.05, 4.69) is 13.8 Å². The summed E-state index contributed by atoms with van der Waals surface area (Å²) in [6.07, 6.45) is 1.54. The zero-order valence-corrected chi connectivity index (χ0v) is 13.9. The minimum atomic E-state index is -0.344. The zero-order chi connectivity index (χ0) is 16.8. The third-order valence-corrected chi connectivity index (χ3v) is 4.22. The second-order valence-electron chi connectivity index (χ2n) is 6.46. The van der Waals surface area contributed by atoms with E-state index in [1.807, 2.05) is 4.90 Å². The molecule has 0 saturated carbocycles. The highest BCUT2D eigenvalue weighted by atomic mass is 19.1. The SMILES string of the molecule is CC(C)CCC(=O)N1CCN(C(=O)Cc2ccccc2F)CC1. The van der Waals surface area contributed by atoms with Gasteiger partial charge in [0.1, 0.15) is 5.82 Å². The molecule has 1 aliphatic heterocycles. The van der Waals surface area contributed by atoms with E-state index in [1.54, 1.807) is 23.1 Å². The van der Waals surface area contributed by atoms with Crippen molar-refractivity contribution in [3.05, 3.63) is 35.6 Å². The fraction of sp³-hybridized carbons (Fsp3) is 0.556. The lowest BCUT2D eigenvalue weighted by Gasteiger charge is -2.35. The van der Waals surface area contributed by atoms with Gasteiger partial charge in [-0.05, 0) is 24.0 Å². The molecule has 0 bridgehead atoms. The molecular weight excluding hydrogens is 295 g/mol. The Hall–Kier alpha value is -1.91. The fourth-order valence-corrected chi connectivity index (χ4v) is 2.69. The molecule has 2 amide bonds. The molecule has 0 aromatic heterocycles. The minimum absolute atomic E-state index is 0.0774. The molecule has 0 radical (unpaired) electrons. The number of carbonyl (C=O) groups excluding carboxylic acids is 2. The number of hydrogen-bond acceptors (Lipinski definition) is 2. The quantitative estimate of drug-likeness (QED) is 0.836. The average Bonchev–Trinajstić information content (AvgIpc) is 2.54. The van der Waals surface area contributed by atoms with Gasteiger partial charge in [0.15, 0.2) is 0 Å². The van der Waals surface area contributed by atoms with E-state index >= 15 is 0 Å². The van der Waals surface area contributed by atoms with E-state index in [1.165, 1.54) is 6.07 Å². The van der Waals surface area contributed by atoms with E-state index in [-0.39, 0.29) is 24.1 Å². The number of carbonyl (C=O) groups is 2. The monoisotopic (exact) mass is 320 g/mol. The van der Waals surface area contributed by atoms with Crippen LogP contribution in [0.15, 0.2) is 24.3 Å². The van der Waals surface area contributed by atoms with Crippen molar-refractivity contribution in [3.63, 3.8) is 0 Å². The van der Waals surface area contributed by atoms with E-state index in [9.17, 15) is 14.0 Å². The first-order valence-electron chi connectivity index (χ1n) is 8.26. The molecule has 1 aromatic carbocycles. The van der Waals surface area contributed by atoms with E-state index < -0.39 is 0 Å². The molecule has 1 aliphatic rings. The Morgan fingerprint density at radius 1 is 1.04 bits per heavy atom. The smallest absolute Gasteiger partial charge is 0.227 e. The summed E-state index contributed by atoms with van der Waals surface area (Å²) in [7, 11) is 0. The number of benzene rings is 1. The Morgan fingerprint density at radius 2 is 1.61 bits per heavy atom. The van der Waals surface area contributed by atoms with Gasteiger partial charge in [0, 0.05) is 32.6 Å². The number of rotatable bonds is 5. The van der Waals surface area contributed by atoms with Gasteiger partial charge >= 0.3 is 0 Å². The lowest BCUT2D eigenvalue weighted by molar-refractivity contribution is -0.139. The van der Waals surface area contributed by atoms with Crippen LogP contribution in [0.4, 0.5) is 4.39 Å². The number of halogens is 1. The fourth-order valence-electron chi connectivity index (χ4n) is 2.69. The maximum absolute atomic E-state index is 13.6. The van der Waals surface area contributed by atoms with Gasteiger partial charge in [0.05, 0.1) is 6.42 Å². The van der Waals surface area contributed by atoms with Crippen LogP contribution < -0.4 is 0 Å². The summed E-state index contributed by atoms with van der Waals surface area (Å²) < 4.78 is 13.6. The second-order valence-corrected chi connectivity index (χ2v) is 6.46. The summed E-state index contributed by atoms with van der Waals surface area (Å²) in [6, 6.07) is 6.36. The molecule has 4 nitrogen and oxygen atoms in total. The third kappa shape index (κ3) is 5.05. The van der Waals surface area contributed by atoms with E-state index in [0.717, 1.165) is 6.42 Å². The van der Waals surface area contributed by atoms with Crippen LogP contribution in [0.5, 0.6) is 0 Å². The van der Waals surface area contributed by atoms with Crippen LogP contribution in [0.1, 0.15) is 32.3 Å². The van der Waals surface area contributed by atoms with Gasteiger partial charge in [-0.15, -0.1) is 0 Å². The Kier molecular flexibility index (Phi) is 6.13. The zero-order valence-electron chi connectivity index (χ0n) is 13.9. The Bertz CT molecular complexity index is 552. The topological polar surface area (TPSA) is 40.6 Å². The molecule has 23 heavy (non-hydrogen) atoms. The summed E-state index contributed by atoms with van der Waals surface area (Å²) >= 11 is 0. The van der Waals surface area contributed by atoms with Gasteiger partial charge < -0.3 is 9.80 Å². The van der Waals surface area contributed by atoms with Gasteiger partial charge in [-0.2, -0.15) is 0 Å². The Morgan fingerprint density at radius 3 is 2.17 bits per heavy atom. The molecule has 0 unspecified atom stereocenters. The first-order valence-corrected chi connectivity index (χ1v) is 8.26. The highest BCUT2D eigenvalue weighted by Crippen LogP contribution is 2.12. The molecule has 1 heterocycles. The minimum Gasteiger partial charge on any atom is -0.339 e. The number of piperazine rings is 1. The van der Waals surface area contributed by atoms with Crippen LogP contribution in [-0.4, -0.2) is 47.8 Å². The third-order valence-electron chi connectivity index (χ3n) is 4.22. The summed E-state index contributed by atoms with van der Waals surface area (Å²) in [6.45, 7) is 6.40. The summed E-state index contributed by atoms with van der Waals surface area (Å²) in [4.78, 5) is 27.9. The van der Waals surface area contributed by atoms with Gasteiger partial charge in [-0.1, -0.05) is 32.0 Å². The van der Waals surface area contributed by atoms with Crippen molar-refractivity contribution < 1.29 is 14.0 Å². The van der Waals surface area contributed by atoms with E-state index in [0.29, 0.717) is 44.1 Å². The average molecular weight is 320 g/mol. The predicted molar refractivity (Wildman–Crippen MR) is 87.3 cm³/mol. The first-order chi connectivity index (χ1) is 11.0. The van der Waals surface area contributed by atoms with Crippen LogP contribution in [0.2, 0.25) is 0 Å². The van der Waals surface area contributed by atoms with Gasteiger partial charge in [-0.25, -0.2) is 4.39 Å². The number of amides is 2. The largest absolute Gasteiger partial charge is 0.339 e. The summed E-state index contributed by atoms with van der Waals surface area (Å²) in [5, 5.41) is 0. The molecule has 5 heteroatoms. The molecule has 2 rings (SSSR count). The van der Waals surface area contributed by atoms with Crippen LogP contribution in [0.25, 0.3) is 0 Å². The molecule has 1 saturated heterocycles. The number of hydrogen-bond donors (Lipinski definition) is 0. The maximum Gasteiger partial charge on any atom is 0.227 e. The van der Waals surface area contributed by atoms with Crippen molar-refractivity contribution in [1.82, 2.24) is 9.80 Å². The lowest BCUT2D eigenvalue weighted by atomic mass is 10.1. The van der Waals surface area contributed by atoms with Gasteiger partial charge in [0.2, 0.25) is 11.8 Å². The van der Waals surface area contributed by atoms with Crippen molar-refractivity contribution in [3.8, 4) is 0 Å². The highest BCUT2D eigenvalue weighted by molar-refractivity contribution is 5.80. The van der Waals surface area contributed by atoms with Crippen molar-refractivity contribution in [2.24, 2.45) is 5.92 Å². The second kappa shape index (κ2) is 8.09. The van der Waals surface area contributed by atoms with Crippen molar-refractivity contribution in [2.45, 2.75) is 33.1 Å².